The standard InChI is InChI=1S/C14H21N3O3S/c1-16-10-11-6-8-17(9-7-11)21(19,20)13-4-2-12(3-5-13)14(15)18/h2-5,11,16H,6-10H2,1H3,(H2,15,18). The van der Waals surface area contributed by atoms with E-state index in [-0.39, 0.29) is 4.90 Å². The molecule has 2 rings (SSSR count). The summed E-state index contributed by atoms with van der Waals surface area (Å²) in [6.07, 6.45) is 1.72. The lowest BCUT2D eigenvalue weighted by Crippen LogP contribution is -2.40. The third-order valence-corrected chi connectivity index (χ3v) is 5.76. The van der Waals surface area contributed by atoms with E-state index in [0.717, 1.165) is 19.4 Å². The van der Waals surface area contributed by atoms with Crippen molar-refractivity contribution in [2.24, 2.45) is 11.7 Å². The summed E-state index contributed by atoms with van der Waals surface area (Å²) in [6, 6.07) is 5.77. The molecule has 0 aliphatic carbocycles. The van der Waals surface area contributed by atoms with Gasteiger partial charge in [-0.05, 0) is 56.6 Å². The molecule has 116 valence electrons. The van der Waals surface area contributed by atoms with Gasteiger partial charge >= 0.3 is 0 Å². The van der Waals surface area contributed by atoms with Gasteiger partial charge in [0, 0.05) is 18.7 Å². The molecule has 1 aliphatic rings. The number of piperidine rings is 1. The van der Waals surface area contributed by atoms with Gasteiger partial charge in [-0.1, -0.05) is 0 Å². The Morgan fingerprint density at radius 1 is 1.29 bits per heavy atom. The Balaban J connectivity index is 2.10. The second-order valence-electron chi connectivity index (χ2n) is 5.29. The number of hydrogen-bond donors (Lipinski definition) is 2. The molecule has 3 N–H and O–H groups in total. The number of nitrogens with zero attached hydrogens (tertiary/aromatic N) is 1. The topological polar surface area (TPSA) is 92.5 Å². The third-order valence-electron chi connectivity index (χ3n) is 3.84. The first kappa shape index (κ1) is 15.9. The fourth-order valence-corrected chi connectivity index (χ4v) is 4.05. The minimum absolute atomic E-state index is 0.208. The molecule has 7 heteroatoms. The van der Waals surface area contributed by atoms with E-state index in [9.17, 15) is 13.2 Å². The van der Waals surface area contributed by atoms with E-state index in [1.807, 2.05) is 7.05 Å². The number of carbonyl (C=O) groups is 1. The maximum Gasteiger partial charge on any atom is 0.248 e. The van der Waals surface area contributed by atoms with Crippen LogP contribution in [0, 0.1) is 5.92 Å². The highest BCUT2D eigenvalue weighted by molar-refractivity contribution is 7.89. The number of carbonyl (C=O) groups excluding carboxylic acids is 1. The van der Waals surface area contributed by atoms with E-state index < -0.39 is 15.9 Å². The minimum atomic E-state index is -3.48. The van der Waals surface area contributed by atoms with Crippen molar-refractivity contribution >= 4 is 15.9 Å². The zero-order chi connectivity index (χ0) is 15.5. The number of amides is 1. The molecule has 0 radical (unpaired) electrons. The van der Waals surface area contributed by atoms with Gasteiger partial charge in [0.2, 0.25) is 15.9 Å². The summed E-state index contributed by atoms with van der Waals surface area (Å²) in [6.45, 7) is 1.99. The van der Waals surface area contributed by atoms with E-state index in [2.05, 4.69) is 5.32 Å². The van der Waals surface area contributed by atoms with Gasteiger partial charge in [0.1, 0.15) is 0 Å². The maximum atomic E-state index is 12.5. The van der Waals surface area contributed by atoms with E-state index in [4.69, 9.17) is 5.73 Å². The molecule has 1 heterocycles. The van der Waals surface area contributed by atoms with Crippen molar-refractivity contribution in [1.82, 2.24) is 9.62 Å². The van der Waals surface area contributed by atoms with Crippen LogP contribution in [0.2, 0.25) is 0 Å². The SMILES string of the molecule is CNCC1CCN(S(=O)(=O)c2ccc(C(N)=O)cc2)CC1. The van der Waals surface area contributed by atoms with Gasteiger partial charge in [-0.25, -0.2) is 8.42 Å². The highest BCUT2D eigenvalue weighted by atomic mass is 32.2. The van der Waals surface area contributed by atoms with Crippen LogP contribution in [0.25, 0.3) is 0 Å². The van der Waals surface area contributed by atoms with E-state index in [1.165, 1.54) is 28.6 Å². The summed E-state index contributed by atoms with van der Waals surface area (Å²) in [4.78, 5) is 11.2. The molecule has 0 spiro atoms. The number of benzene rings is 1. The van der Waals surface area contributed by atoms with Crippen LogP contribution in [0.3, 0.4) is 0 Å². The molecule has 0 atom stereocenters. The molecule has 0 bridgehead atoms. The number of rotatable bonds is 5. The van der Waals surface area contributed by atoms with Crippen LogP contribution >= 0.6 is 0 Å². The molecule has 1 aromatic rings. The summed E-state index contributed by atoms with van der Waals surface area (Å²) in [5.41, 5.74) is 5.46. The highest BCUT2D eigenvalue weighted by Crippen LogP contribution is 2.23. The zero-order valence-electron chi connectivity index (χ0n) is 12.1. The number of nitrogens with one attached hydrogen (secondary N) is 1. The molecule has 21 heavy (non-hydrogen) atoms. The molecule has 1 aliphatic heterocycles. The lowest BCUT2D eigenvalue weighted by molar-refractivity contribution is 0.1000. The Morgan fingerprint density at radius 3 is 2.33 bits per heavy atom. The van der Waals surface area contributed by atoms with Crippen LogP contribution in [0.15, 0.2) is 29.2 Å². The summed E-state index contributed by atoms with van der Waals surface area (Å²) in [5, 5.41) is 3.13. The predicted octanol–water partition coefficient (Wildman–Crippen LogP) is 0.406. The summed E-state index contributed by atoms with van der Waals surface area (Å²) in [5.74, 6) is -0.0366. The van der Waals surface area contributed by atoms with Crippen molar-refractivity contribution in [2.75, 3.05) is 26.7 Å². The summed E-state index contributed by atoms with van der Waals surface area (Å²) >= 11 is 0. The molecule has 6 nitrogen and oxygen atoms in total. The number of sulfonamides is 1. The average Bonchev–Trinajstić information content (AvgIpc) is 2.48. The van der Waals surface area contributed by atoms with Crippen LogP contribution in [0.4, 0.5) is 0 Å². The zero-order valence-corrected chi connectivity index (χ0v) is 12.9. The molecule has 0 aromatic heterocycles. The Labute approximate surface area is 125 Å². The van der Waals surface area contributed by atoms with Gasteiger partial charge in [0.05, 0.1) is 4.90 Å². The molecular formula is C14H21N3O3S. The first-order valence-corrected chi connectivity index (χ1v) is 8.44. The summed E-state index contributed by atoms with van der Waals surface area (Å²) < 4.78 is 26.6. The quantitative estimate of drug-likeness (QED) is 0.823. The van der Waals surface area contributed by atoms with Gasteiger partial charge in [-0.2, -0.15) is 4.31 Å². The Hall–Kier alpha value is -1.44. The second kappa shape index (κ2) is 6.55. The largest absolute Gasteiger partial charge is 0.366 e. The molecular weight excluding hydrogens is 290 g/mol. The molecule has 0 unspecified atom stereocenters. The Kier molecular flexibility index (Phi) is 4.97. The maximum absolute atomic E-state index is 12.5. The van der Waals surface area contributed by atoms with Gasteiger partial charge in [0.15, 0.2) is 0 Å². The van der Waals surface area contributed by atoms with Crippen LogP contribution in [-0.4, -0.2) is 45.3 Å². The monoisotopic (exact) mass is 311 g/mol. The molecule has 1 amide bonds. The molecule has 1 saturated heterocycles. The molecule has 1 aromatic carbocycles. The van der Waals surface area contributed by atoms with Crippen LogP contribution < -0.4 is 11.1 Å². The first-order chi connectivity index (χ1) is 9.95. The van der Waals surface area contributed by atoms with Crippen molar-refractivity contribution < 1.29 is 13.2 Å². The van der Waals surface area contributed by atoms with Crippen molar-refractivity contribution in [1.29, 1.82) is 0 Å². The predicted molar refractivity (Wildman–Crippen MR) is 80.4 cm³/mol. The van der Waals surface area contributed by atoms with Crippen molar-refractivity contribution in [3.63, 3.8) is 0 Å². The van der Waals surface area contributed by atoms with Gasteiger partial charge < -0.3 is 11.1 Å². The Bertz CT molecular complexity index is 590. The minimum Gasteiger partial charge on any atom is -0.366 e. The fourth-order valence-electron chi connectivity index (χ4n) is 2.58. The Morgan fingerprint density at radius 2 is 1.86 bits per heavy atom. The fraction of sp³-hybridized carbons (Fsp3) is 0.500. The normalized spacial score (nSPS) is 17.8. The third kappa shape index (κ3) is 3.61. The van der Waals surface area contributed by atoms with Gasteiger partial charge in [0.25, 0.3) is 0 Å². The van der Waals surface area contributed by atoms with Gasteiger partial charge in [-0.3, -0.25) is 4.79 Å². The second-order valence-corrected chi connectivity index (χ2v) is 7.23. The van der Waals surface area contributed by atoms with Crippen molar-refractivity contribution in [3.05, 3.63) is 29.8 Å². The van der Waals surface area contributed by atoms with Crippen LogP contribution in [0.5, 0.6) is 0 Å². The number of hydrogen-bond acceptors (Lipinski definition) is 4. The van der Waals surface area contributed by atoms with Crippen LogP contribution in [-0.2, 0) is 10.0 Å². The average molecular weight is 311 g/mol. The lowest BCUT2D eigenvalue weighted by Gasteiger charge is -2.31. The number of primary amides is 1. The highest BCUT2D eigenvalue weighted by Gasteiger charge is 2.29. The van der Waals surface area contributed by atoms with Crippen molar-refractivity contribution in [3.8, 4) is 0 Å². The van der Waals surface area contributed by atoms with E-state index in [1.54, 1.807) is 0 Å². The lowest BCUT2D eigenvalue weighted by atomic mass is 9.98. The summed E-state index contributed by atoms with van der Waals surface area (Å²) in [7, 11) is -1.58. The van der Waals surface area contributed by atoms with Crippen LogP contribution in [0.1, 0.15) is 23.2 Å². The molecule has 1 fully saturated rings. The van der Waals surface area contributed by atoms with E-state index in [0.29, 0.717) is 24.6 Å². The first-order valence-electron chi connectivity index (χ1n) is 6.99. The molecule has 0 saturated carbocycles. The van der Waals surface area contributed by atoms with E-state index >= 15 is 0 Å². The van der Waals surface area contributed by atoms with Gasteiger partial charge in [-0.15, -0.1) is 0 Å². The number of nitrogens with two attached hydrogens (primary N) is 1. The van der Waals surface area contributed by atoms with Crippen molar-refractivity contribution in [2.45, 2.75) is 17.7 Å². The smallest absolute Gasteiger partial charge is 0.248 e.